The molecule has 1 saturated carbocycles. The Morgan fingerprint density at radius 3 is 2.56 bits per heavy atom. The molecule has 2 heterocycles. The second kappa shape index (κ2) is 7.56. The molecule has 4 rings (SSSR count). The Kier molecular flexibility index (Phi) is 4.99. The van der Waals surface area contributed by atoms with Gasteiger partial charge in [-0.25, -0.2) is 4.98 Å². The molecule has 1 saturated heterocycles. The number of carbonyl (C=O) groups is 1. The molecule has 1 aliphatic carbocycles. The molecule has 6 heteroatoms. The summed E-state index contributed by atoms with van der Waals surface area (Å²) in [6.45, 7) is 2.29. The number of ether oxygens (including phenoxy) is 2. The van der Waals surface area contributed by atoms with E-state index in [1.807, 2.05) is 12.1 Å². The van der Waals surface area contributed by atoms with Gasteiger partial charge in [-0.05, 0) is 61.1 Å². The summed E-state index contributed by atoms with van der Waals surface area (Å²) in [6, 6.07) is 10.2. The number of nitrogens with zero attached hydrogens (tertiary/aromatic N) is 2. The molecule has 1 aromatic heterocycles. The SMILES string of the molecule is COc1ncccc1O[C@H]1C[C@@H]2CN(CC(=O)c3ccc(O)cc3)C[C@@H]2C1. The number of pyridine rings is 1. The molecule has 0 unspecified atom stereocenters. The van der Waals surface area contributed by atoms with Gasteiger partial charge in [0.05, 0.1) is 19.8 Å². The minimum absolute atomic E-state index is 0.0999. The summed E-state index contributed by atoms with van der Waals surface area (Å²) in [6.07, 6.45) is 3.85. The van der Waals surface area contributed by atoms with Gasteiger partial charge in [-0.3, -0.25) is 9.69 Å². The largest absolute Gasteiger partial charge is 0.508 e. The minimum atomic E-state index is 0.0999. The number of rotatable bonds is 6. The lowest BCUT2D eigenvalue weighted by molar-refractivity contribution is 0.0936. The van der Waals surface area contributed by atoms with E-state index in [0.717, 1.165) is 25.9 Å². The predicted molar refractivity (Wildman–Crippen MR) is 100 cm³/mol. The van der Waals surface area contributed by atoms with E-state index in [9.17, 15) is 9.90 Å². The Balaban J connectivity index is 1.30. The van der Waals surface area contributed by atoms with Gasteiger partial charge in [-0.1, -0.05) is 0 Å². The summed E-state index contributed by atoms with van der Waals surface area (Å²) in [4.78, 5) is 18.9. The number of likely N-dealkylation sites (tertiary alicyclic amines) is 1. The topological polar surface area (TPSA) is 71.9 Å². The smallest absolute Gasteiger partial charge is 0.256 e. The van der Waals surface area contributed by atoms with Gasteiger partial charge < -0.3 is 14.6 Å². The van der Waals surface area contributed by atoms with Gasteiger partial charge in [0.15, 0.2) is 11.5 Å². The van der Waals surface area contributed by atoms with Crippen LogP contribution in [-0.2, 0) is 0 Å². The third-order valence-electron chi connectivity index (χ3n) is 5.56. The van der Waals surface area contributed by atoms with E-state index in [1.165, 1.54) is 0 Å². The molecule has 0 spiro atoms. The summed E-state index contributed by atoms with van der Waals surface area (Å²) >= 11 is 0. The third-order valence-corrected chi connectivity index (χ3v) is 5.56. The average Bonchev–Trinajstić information content (AvgIpc) is 3.20. The number of aromatic hydroxyl groups is 1. The van der Waals surface area contributed by atoms with Crippen LogP contribution in [0, 0.1) is 11.8 Å². The number of methoxy groups -OCH3 is 1. The van der Waals surface area contributed by atoms with Crippen molar-refractivity contribution in [2.75, 3.05) is 26.7 Å². The molecule has 0 amide bonds. The minimum Gasteiger partial charge on any atom is -0.508 e. The van der Waals surface area contributed by atoms with Crippen LogP contribution >= 0.6 is 0 Å². The van der Waals surface area contributed by atoms with Crippen LogP contribution in [0.25, 0.3) is 0 Å². The lowest BCUT2D eigenvalue weighted by Gasteiger charge is -2.19. The first kappa shape index (κ1) is 17.8. The molecule has 2 aliphatic rings. The van der Waals surface area contributed by atoms with Gasteiger partial charge in [0.25, 0.3) is 5.88 Å². The zero-order valence-electron chi connectivity index (χ0n) is 15.4. The molecule has 142 valence electrons. The summed E-state index contributed by atoms with van der Waals surface area (Å²) in [5, 5.41) is 9.35. The monoisotopic (exact) mass is 368 g/mol. The third kappa shape index (κ3) is 3.90. The van der Waals surface area contributed by atoms with E-state index >= 15 is 0 Å². The van der Waals surface area contributed by atoms with E-state index in [4.69, 9.17) is 9.47 Å². The molecule has 0 radical (unpaired) electrons. The van der Waals surface area contributed by atoms with Crippen LogP contribution < -0.4 is 9.47 Å². The number of hydrogen-bond donors (Lipinski definition) is 1. The van der Waals surface area contributed by atoms with Crippen molar-refractivity contribution in [1.82, 2.24) is 9.88 Å². The lowest BCUT2D eigenvalue weighted by atomic mass is 10.0. The van der Waals surface area contributed by atoms with Crippen molar-refractivity contribution in [3.63, 3.8) is 0 Å². The Morgan fingerprint density at radius 1 is 1.19 bits per heavy atom. The first-order valence-corrected chi connectivity index (χ1v) is 9.32. The summed E-state index contributed by atoms with van der Waals surface area (Å²) in [7, 11) is 1.60. The number of carbonyl (C=O) groups excluding carboxylic acids is 1. The van der Waals surface area contributed by atoms with Gasteiger partial charge in [-0.15, -0.1) is 0 Å². The lowest BCUT2D eigenvalue weighted by Crippen LogP contribution is -2.30. The highest BCUT2D eigenvalue weighted by molar-refractivity contribution is 5.97. The number of benzene rings is 1. The Hall–Kier alpha value is -2.60. The standard InChI is InChI=1S/C21H24N2O4/c1-26-21-20(3-2-8-22-21)27-18-9-15-11-23(12-16(15)10-18)13-19(25)14-4-6-17(24)7-5-14/h2-8,15-16,18,24H,9-13H2,1H3/t15-,16+,18+. The fraction of sp³-hybridized carbons (Fsp3) is 0.429. The highest BCUT2D eigenvalue weighted by atomic mass is 16.5. The predicted octanol–water partition coefficient (Wildman–Crippen LogP) is 2.77. The number of Topliss-reactive ketones (excluding diaryl/α,β-unsaturated/α-hetero) is 1. The number of hydrogen-bond acceptors (Lipinski definition) is 6. The maximum atomic E-state index is 12.4. The van der Waals surface area contributed by atoms with E-state index in [1.54, 1.807) is 37.6 Å². The average molecular weight is 368 g/mol. The van der Waals surface area contributed by atoms with Crippen molar-refractivity contribution in [1.29, 1.82) is 0 Å². The number of phenolic OH excluding ortho intramolecular Hbond substituents is 1. The van der Waals surface area contributed by atoms with Crippen molar-refractivity contribution in [2.45, 2.75) is 18.9 Å². The maximum absolute atomic E-state index is 12.4. The molecular formula is C21H24N2O4. The molecule has 6 nitrogen and oxygen atoms in total. The fourth-order valence-corrected chi connectivity index (χ4v) is 4.31. The Labute approximate surface area is 158 Å². The highest BCUT2D eigenvalue weighted by Crippen LogP contribution is 2.40. The van der Waals surface area contributed by atoms with Gasteiger partial charge in [-0.2, -0.15) is 0 Å². The molecule has 1 aliphatic heterocycles. The first-order chi connectivity index (χ1) is 13.1. The summed E-state index contributed by atoms with van der Waals surface area (Å²) in [5.41, 5.74) is 0.648. The highest BCUT2D eigenvalue weighted by Gasteiger charge is 2.42. The van der Waals surface area contributed by atoms with Crippen LogP contribution in [0.15, 0.2) is 42.6 Å². The molecule has 0 bridgehead atoms. The van der Waals surface area contributed by atoms with Crippen LogP contribution in [0.3, 0.4) is 0 Å². The fourth-order valence-electron chi connectivity index (χ4n) is 4.31. The van der Waals surface area contributed by atoms with Crippen LogP contribution in [0.5, 0.6) is 17.4 Å². The van der Waals surface area contributed by atoms with Gasteiger partial charge in [0, 0.05) is 24.8 Å². The molecule has 3 atom stereocenters. The van der Waals surface area contributed by atoms with Crippen LogP contribution in [0.1, 0.15) is 23.2 Å². The number of ketones is 1. The second-order valence-corrected chi connectivity index (χ2v) is 7.41. The van der Waals surface area contributed by atoms with Gasteiger partial charge in [0.1, 0.15) is 5.75 Å². The normalized spacial score (nSPS) is 24.6. The summed E-state index contributed by atoms with van der Waals surface area (Å²) < 4.78 is 11.4. The van der Waals surface area contributed by atoms with E-state index in [0.29, 0.717) is 35.6 Å². The van der Waals surface area contributed by atoms with E-state index < -0.39 is 0 Å². The van der Waals surface area contributed by atoms with Crippen molar-refractivity contribution < 1.29 is 19.4 Å². The number of aromatic nitrogens is 1. The second-order valence-electron chi connectivity index (χ2n) is 7.41. The maximum Gasteiger partial charge on any atom is 0.256 e. The van der Waals surface area contributed by atoms with Crippen LogP contribution in [-0.4, -0.2) is 53.6 Å². The zero-order chi connectivity index (χ0) is 18.8. The Bertz CT molecular complexity index is 794. The van der Waals surface area contributed by atoms with Crippen molar-refractivity contribution >= 4 is 5.78 Å². The summed E-state index contributed by atoms with van der Waals surface area (Å²) in [5.74, 6) is 2.62. The molecule has 2 fully saturated rings. The van der Waals surface area contributed by atoms with Crippen molar-refractivity contribution in [3.8, 4) is 17.4 Å². The number of fused-ring (bicyclic) bond motifs is 1. The molecule has 27 heavy (non-hydrogen) atoms. The quantitative estimate of drug-likeness (QED) is 0.791. The van der Waals surface area contributed by atoms with Crippen molar-refractivity contribution in [3.05, 3.63) is 48.2 Å². The molecular weight excluding hydrogens is 344 g/mol. The Morgan fingerprint density at radius 2 is 1.89 bits per heavy atom. The molecule has 1 N–H and O–H groups in total. The van der Waals surface area contributed by atoms with Gasteiger partial charge in [0.2, 0.25) is 0 Å². The van der Waals surface area contributed by atoms with E-state index in [2.05, 4.69) is 9.88 Å². The van der Waals surface area contributed by atoms with Crippen LogP contribution in [0.2, 0.25) is 0 Å². The van der Waals surface area contributed by atoms with Crippen LogP contribution in [0.4, 0.5) is 0 Å². The van der Waals surface area contributed by atoms with Gasteiger partial charge >= 0.3 is 0 Å². The number of phenols is 1. The molecule has 1 aromatic carbocycles. The first-order valence-electron chi connectivity index (χ1n) is 9.32. The van der Waals surface area contributed by atoms with Crippen molar-refractivity contribution in [2.24, 2.45) is 11.8 Å². The van der Waals surface area contributed by atoms with E-state index in [-0.39, 0.29) is 17.6 Å². The molecule has 2 aromatic rings. The zero-order valence-corrected chi connectivity index (χ0v) is 15.4.